The summed E-state index contributed by atoms with van der Waals surface area (Å²) in [6.07, 6.45) is 1.87. The number of hydrogen-bond donors (Lipinski definition) is 2. The molecule has 0 bridgehead atoms. The molecule has 2 saturated heterocycles. The number of carbonyl (C=O) groups excluding carboxylic acids is 2. The molecule has 0 saturated carbocycles. The molecule has 0 radical (unpaired) electrons. The van der Waals surface area contributed by atoms with Crippen LogP contribution >= 0.6 is 0 Å². The first-order valence-corrected chi connectivity index (χ1v) is 6.09. The number of piperidine rings is 1. The number of likely N-dealkylation sites (tertiary alicyclic amines) is 2. The summed E-state index contributed by atoms with van der Waals surface area (Å²) >= 11 is 0. The van der Waals surface area contributed by atoms with Crippen molar-refractivity contribution < 1.29 is 14.7 Å². The largest absolute Gasteiger partial charge is 0.391 e. The van der Waals surface area contributed by atoms with Crippen molar-refractivity contribution in [1.82, 2.24) is 9.80 Å². The molecule has 2 aliphatic heterocycles. The maximum atomic E-state index is 12.2. The highest BCUT2D eigenvalue weighted by Gasteiger charge is 2.33. The number of rotatable bonds is 1. The maximum absolute atomic E-state index is 12.2. The molecule has 6 heteroatoms. The summed E-state index contributed by atoms with van der Waals surface area (Å²) in [6.45, 7) is 2.10. The number of nitrogens with zero attached hydrogens (tertiary/aromatic N) is 2. The number of carbonyl (C=O) groups is 2. The van der Waals surface area contributed by atoms with Gasteiger partial charge in [-0.2, -0.15) is 0 Å². The Balaban J connectivity index is 1.93. The van der Waals surface area contributed by atoms with E-state index in [0.717, 1.165) is 12.8 Å². The van der Waals surface area contributed by atoms with Crippen LogP contribution in [0.2, 0.25) is 0 Å². The van der Waals surface area contributed by atoms with Gasteiger partial charge in [-0.15, -0.1) is 0 Å². The fraction of sp³-hybridized carbons (Fsp3) is 0.818. The van der Waals surface area contributed by atoms with E-state index in [-0.39, 0.29) is 11.8 Å². The molecule has 0 spiro atoms. The van der Waals surface area contributed by atoms with Crippen molar-refractivity contribution in [2.75, 3.05) is 26.2 Å². The van der Waals surface area contributed by atoms with Crippen LogP contribution in [0.25, 0.3) is 0 Å². The van der Waals surface area contributed by atoms with Gasteiger partial charge in [-0.05, 0) is 19.3 Å². The molecule has 2 rings (SSSR count). The van der Waals surface area contributed by atoms with Gasteiger partial charge in [0.1, 0.15) is 0 Å². The van der Waals surface area contributed by atoms with Crippen LogP contribution in [0.3, 0.4) is 0 Å². The molecule has 3 N–H and O–H groups in total. The normalized spacial score (nSPS) is 29.5. The molecular weight excluding hydrogens is 222 g/mol. The van der Waals surface area contributed by atoms with Gasteiger partial charge < -0.3 is 20.6 Å². The number of primary amides is 1. The molecule has 2 heterocycles. The Hall–Kier alpha value is -1.30. The van der Waals surface area contributed by atoms with Crippen LogP contribution in [0.5, 0.6) is 0 Å². The topological polar surface area (TPSA) is 86.9 Å². The molecule has 17 heavy (non-hydrogen) atoms. The van der Waals surface area contributed by atoms with Crippen molar-refractivity contribution in [3.8, 4) is 0 Å². The van der Waals surface area contributed by atoms with Crippen molar-refractivity contribution in [1.29, 1.82) is 0 Å². The highest BCUT2D eigenvalue weighted by atomic mass is 16.3. The SMILES string of the molecule is NC(=O)N1CCCC(C(=O)N2CC[C@H](O)C2)C1. The Labute approximate surface area is 100 Å². The van der Waals surface area contributed by atoms with Crippen LogP contribution in [0.15, 0.2) is 0 Å². The average Bonchev–Trinajstić information content (AvgIpc) is 2.75. The van der Waals surface area contributed by atoms with Gasteiger partial charge in [0.15, 0.2) is 0 Å². The van der Waals surface area contributed by atoms with Gasteiger partial charge in [0.2, 0.25) is 5.91 Å². The average molecular weight is 241 g/mol. The Bertz CT molecular complexity index is 321. The Kier molecular flexibility index (Phi) is 3.51. The molecule has 2 fully saturated rings. The fourth-order valence-electron chi connectivity index (χ4n) is 2.58. The van der Waals surface area contributed by atoms with Crippen molar-refractivity contribution in [3.63, 3.8) is 0 Å². The first kappa shape index (κ1) is 12.2. The van der Waals surface area contributed by atoms with Crippen molar-refractivity contribution in [2.45, 2.75) is 25.4 Å². The standard InChI is InChI=1S/C11H19N3O3/c12-11(17)14-4-1-2-8(6-14)10(16)13-5-3-9(15)7-13/h8-9,15H,1-7H2,(H2,12,17)/t8?,9-/m0/s1. The number of β-amino-alcohol motifs (C(OH)–C–C–N with tert-alkyl or cyclic N) is 1. The van der Waals surface area contributed by atoms with Gasteiger partial charge in [0.25, 0.3) is 0 Å². The summed E-state index contributed by atoms with van der Waals surface area (Å²) in [7, 11) is 0. The minimum absolute atomic E-state index is 0.0486. The highest BCUT2D eigenvalue weighted by Crippen LogP contribution is 2.21. The van der Waals surface area contributed by atoms with Crippen LogP contribution < -0.4 is 5.73 Å². The lowest BCUT2D eigenvalue weighted by Crippen LogP contribution is -2.48. The molecule has 3 amide bonds. The lowest BCUT2D eigenvalue weighted by atomic mass is 9.97. The van der Waals surface area contributed by atoms with Crippen molar-refractivity contribution >= 4 is 11.9 Å². The molecule has 0 aromatic carbocycles. The zero-order chi connectivity index (χ0) is 12.4. The van der Waals surface area contributed by atoms with Gasteiger partial charge in [0.05, 0.1) is 12.0 Å². The summed E-state index contributed by atoms with van der Waals surface area (Å²) in [6, 6.07) is -0.455. The predicted molar refractivity (Wildman–Crippen MR) is 61.1 cm³/mol. The summed E-state index contributed by atoms with van der Waals surface area (Å²) in [5.41, 5.74) is 5.23. The second kappa shape index (κ2) is 4.91. The zero-order valence-electron chi connectivity index (χ0n) is 9.84. The predicted octanol–water partition coefficient (Wildman–Crippen LogP) is -0.630. The van der Waals surface area contributed by atoms with E-state index in [2.05, 4.69) is 0 Å². The first-order chi connectivity index (χ1) is 8.08. The minimum atomic E-state index is -0.455. The monoisotopic (exact) mass is 241 g/mol. The highest BCUT2D eigenvalue weighted by molar-refractivity contribution is 5.80. The summed E-state index contributed by atoms with van der Waals surface area (Å²) in [4.78, 5) is 26.4. The van der Waals surface area contributed by atoms with E-state index in [0.29, 0.717) is 32.6 Å². The van der Waals surface area contributed by atoms with Crippen LogP contribution in [0.4, 0.5) is 4.79 Å². The van der Waals surface area contributed by atoms with E-state index in [1.807, 2.05) is 0 Å². The number of amides is 3. The number of aliphatic hydroxyl groups excluding tert-OH is 1. The van der Waals surface area contributed by atoms with E-state index < -0.39 is 12.1 Å². The number of aliphatic hydroxyl groups is 1. The zero-order valence-corrected chi connectivity index (χ0v) is 9.84. The van der Waals surface area contributed by atoms with E-state index in [9.17, 15) is 14.7 Å². The summed E-state index contributed by atoms with van der Waals surface area (Å²) in [5, 5.41) is 9.41. The van der Waals surface area contributed by atoms with Gasteiger partial charge in [0, 0.05) is 26.2 Å². The van der Waals surface area contributed by atoms with Crippen LogP contribution in [-0.2, 0) is 4.79 Å². The quantitative estimate of drug-likeness (QED) is 0.641. The molecule has 6 nitrogen and oxygen atoms in total. The molecule has 0 aliphatic carbocycles. The summed E-state index contributed by atoms with van der Waals surface area (Å²) < 4.78 is 0. The first-order valence-electron chi connectivity index (χ1n) is 6.09. The molecular formula is C11H19N3O3. The third kappa shape index (κ3) is 2.69. The van der Waals surface area contributed by atoms with Crippen molar-refractivity contribution in [2.24, 2.45) is 11.7 Å². The molecule has 2 atom stereocenters. The number of nitrogens with two attached hydrogens (primary N) is 1. The van der Waals surface area contributed by atoms with E-state index in [4.69, 9.17) is 5.73 Å². The smallest absolute Gasteiger partial charge is 0.314 e. The molecule has 96 valence electrons. The van der Waals surface area contributed by atoms with Crippen LogP contribution in [-0.4, -0.2) is 59.1 Å². The van der Waals surface area contributed by atoms with Crippen LogP contribution in [0.1, 0.15) is 19.3 Å². The van der Waals surface area contributed by atoms with E-state index >= 15 is 0 Å². The number of urea groups is 1. The fourth-order valence-corrected chi connectivity index (χ4v) is 2.58. The van der Waals surface area contributed by atoms with Crippen molar-refractivity contribution in [3.05, 3.63) is 0 Å². The Morgan fingerprint density at radius 3 is 2.47 bits per heavy atom. The third-order valence-electron chi connectivity index (χ3n) is 3.56. The van der Waals surface area contributed by atoms with Gasteiger partial charge in [-0.1, -0.05) is 0 Å². The van der Waals surface area contributed by atoms with E-state index in [1.165, 1.54) is 4.90 Å². The molecule has 2 aliphatic rings. The van der Waals surface area contributed by atoms with Crippen LogP contribution in [0, 0.1) is 5.92 Å². The maximum Gasteiger partial charge on any atom is 0.314 e. The minimum Gasteiger partial charge on any atom is -0.391 e. The van der Waals surface area contributed by atoms with Gasteiger partial charge in [-0.3, -0.25) is 4.79 Å². The molecule has 0 aromatic heterocycles. The van der Waals surface area contributed by atoms with Gasteiger partial charge >= 0.3 is 6.03 Å². The second-order valence-electron chi connectivity index (χ2n) is 4.85. The van der Waals surface area contributed by atoms with E-state index in [1.54, 1.807) is 4.90 Å². The lowest BCUT2D eigenvalue weighted by Gasteiger charge is -2.32. The van der Waals surface area contributed by atoms with Gasteiger partial charge in [-0.25, -0.2) is 4.79 Å². The Morgan fingerprint density at radius 2 is 1.88 bits per heavy atom. The number of hydrogen-bond acceptors (Lipinski definition) is 3. The molecule has 1 unspecified atom stereocenters. The molecule has 0 aromatic rings. The Morgan fingerprint density at radius 1 is 1.12 bits per heavy atom. The third-order valence-corrected chi connectivity index (χ3v) is 3.56. The second-order valence-corrected chi connectivity index (χ2v) is 4.85. The summed E-state index contributed by atoms with van der Waals surface area (Å²) in [5.74, 6) is -0.103. The lowest BCUT2D eigenvalue weighted by molar-refractivity contribution is -0.136.